The molecule has 0 bridgehead atoms. The molecule has 2 aromatic rings. The summed E-state index contributed by atoms with van der Waals surface area (Å²) in [6.45, 7) is 0.638. The van der Waals surface area contributed by atoms with E-state index in [9.17, 15) is 4.79 Å². The third-order valence-electron chi connectivity index (χ3n) is 3.33. The molecule has 1 aromatic carbocycles. The second kappa shape index (κ2) is 9.85. The smallest absolute Gasteiger partial charge is 0.261 e. The van der Waals surface area contributed by atoms with Gasteiger partial charge in [0.1, 0.15) is 17.4 Å². The zero-order chi connectivity index (χ0) is 17.9. The Kier molecular flexibility index (Phi) is 7.16. The van der Waals surface area contributed by atoms with Gasteiger partial charge in [-0.25, -0.2) is 0 Å². The molecule has 0 fully saturated rings. The monoisotopic (exact) mass is 337 g/mol. The number of nitrogens with one attached hydrogen (secondary N) is 1. The van der Waals surface area contributed by atoms with E-state index in [1.807, 2.05) is 30.3 Å². The van der Waals surface area contributed by atoms with Crippen molar-refractivity contribution in [2.45, 2.75) is 6.42 Å². The minimum absolute atomic E-state index is 0.0521. The summed E-state index contributed by atoms with van der Waals surface area (Å²) in [5, 5.41) is 11.9. The molecule has 128 valence electrons. The fourth-order valence-corrected chi connectivity index (χ4v) is 2.07. The summed E-state index contributed by atoms with van der Waals surface area (Å²) < 4.78 is 10.2. The van der Waals surface area contributed by atoms with Gasteiger partial charge in [-0.05, 0) is 41.8 Å². The van der Waals surface area contributed by atoms with Crippen LogP contribution in [0.15, 0.2) is 54.4 Å². The van der Waals surface area contributed by atoms with Gasteiger partial charge in [-0.1, -0.05) is 18.2 Å². The van der Waals surface area contributed by atoms with E-state index in [4.69, 9.17) is 14.7 Å². The second-order valence-electron chi connectivity index (χ2n) is 5.16. The fraction of sp³-hybridized carbons (Fsp3) is 0.211. The van der Waals surface area contributed by atoms with E-state index >= 15 is 0 Å². The van der Waals surface area contributed by atoms with Crippen LogP contribution in [0.2, 0.25) is 0 Å². The highest BCUT2D eigenvalue weighted by atomic mass is 16.7. The number of aromatic nitrogens is 1. The van der Waals surface area contributed by atoms with E-state index in [0.717, 1.165) is 11.3 Å². The number of hydrogen-bond acceptors (Lipinski definition) is 5. The third-order valence-corrected chi connectivity index (χ3v) is 3.33. The van der Waals surface area contributed by atoms with Gasteiger partial charge in [-0.2, -0.15) is 5.26 Å². The maximum Gasteiger partial charge on any atom is 0.261 e. The average molecular weight is 337 g/mol. The number of nitriles is 1. The maximum atomic E-state index is 12.1. The molecule has 1 aromatic heterocycles. The molecule has 0 aliphatic carbocycles. The van der Waals surface area contributed by atoms with Crippen molar-refractivity contribution in [2.75, 3.05) is 20.4 Å². The first kappa shape index (κ1) is 18.2. The van der Waals surface area contributed by atoms with Crippen LogP contribution in [0.1, 0.15) is 11.1 Å². The number of benzene rings is 1. The Balaban J connectivity index is 1.85. The van der Waals surface area contributed by atoms with Crippen molar-refractivity contribution in [1.29, 1.82) is 5.26 Å². The lowest BCUT2D eigenvalue weighted by Crippen LogP contribution is -2.26. The lowest BCUT2D eigenvalue weighted by Gasteiger charge is -2.07. The molecule has 0 radical (unpaired) electrons. The van der Waals surface area contributed by atoms with Gasteiger partial charge in [0.25, 0.3) is 5.91 Å². The third kappa shape index (κ3) is 6.09. The van der Waals surface area contributed by atoms with Crippen molar-refractivity contribution >= 4 is 12.0 Å². The minimum Gasteiger partial charge on any atom is -0.468 e. The molecule has 6 nitrogen and oxygen atoms in total. The van der Waals surface area contributed by atoms with E-state index in [2.05, 4.69) is 10.3 Å². The molecule has 25 heavy (non-hydrogen) atoms. The summed E-state index contributed by atoms with van der Waals surface area (Å²) in [6.07, 6.45) is 5.40. The molecule has 0 atom stereocenters. The molecule has 0 saturated heterocycles. The van der Waals surface area contributed by atoms with Crippen LogP contribution < -0.4 is 10.1 Å². The minimum atomic E-state index is -0.397. The summed E-state index contributed by atoms with van der Waals surface area (Å²) in [4.78, 5) is 16.0. The lowest BCUT2D eigenvalue weighted by molar-refractivity contribution is -0.117. The molecule has 0 unspecified atom stereocenters. The topological polar surface area (TPSA) is 84.2 Å². The second-order valence-corrected chi connectivity index (χ2v) is 5.16. The highest BCUT2D eigenvalue weighted by Crippen LogP contribution is 2.12. The van der Waals surface area contributed by atoms with Gasteiger partial charge in [0.15, 0.2) is 6.79 Å². The van der Waals surface area contributed by atoms with Crippen molar-refractivity contribution in [3.8, 4) is 11.8 Å². The highest BCUT2D eigenvalue weighted by Gasteiger charge is 2.08. The zero-order valence-electron chi connectivity index (χ0n) is 13.9. The Labute approximate surface area is 146 Å². The van der Waals surface area contributed by atoms with Crippen LogP contribution in [0.3, 0.4) is 0 Å². The van der Waals surface area contributed by atoms with Crippen LogP contribution in [0.5, 0.6) is 5.75 Å². The Hall–Kier alpha value is -3.17. The fourth-order valence-electron chi connectivity index (χ4n) is 2.07. The number of carbonyl (C=O) groups is 1. The van der Waals surface area contributed by atoms with E-state index in [0.29, 0.717) is 18.5 Å². The van der Waals surface area contributed by atoms with Gasteiger partial charge >= 0.3 is 0 Å². The summed E-state index contributed by atoms with van der Waals surface area (Å²) in [7, 11) is 1.56. The molecule has 1 N–H and O–H groups in total. The van der Waals surface area contributed by atoms with Gasteiger partial charge in [-0.15, -0.1) is 0 Å². The SMILES string of the molecule is COCOc1ccc(CCNC(=O)/C(C#N)=C/c2cccnc2)cc1. The number of carbonyl (C=O) groups excluding carboxylic acids is 1. The molecule has 1 heterocycles. The number of amides is 1. The summed E-state index contributed by atoms with van der Waals surface area (Å²) >= 11 is 0. The van der Waals surface area contributed by atoms with Crippen molar-refractivity contribution < 1.29 is 14.3 Å². The van der Waals surface area contributed by atoms with Crippen LogP contribution >= 0.6 is 0 Å². The summed E-state index contributed by atoms with van der Waals surface area (Å²) in [5.74, 6) is 0.326. The van der Waals surface area contributed by atoms with Crippen LogP contribution in [0.25, 0.3) is 6.08 Å². The van der Waals surface area contributed by atoms with Gasteiger partial charge < -0.3 is 14.8 Å². The number of nitrogens with zero attached hydrogens (tertiary/aromatic N) is 2. The quantitative estimate of drug-likeness (QED) is 0.454. The van der Waals surface area contributed by atoms with Crippen molar-refractivity contribution in [3.63, 3.8) is 0 Å². The Morgan fingerprint density at radius 3 is 2.76 bits per heavy atom. The molecular formula is C19H19N3O3. The highest BCUT2D eigenvalue weighted by molar-refractivity contribution is 6.01. The number of rotatable bonds is 8. The Morgan fingerprint density at radius 2 is 2.12 bits per heavy atom. The van der Waals surface area contributed by atoms with Gasteiger partial charge in [0, 0.05) is 26.0 Å². The van der Waals surface area contributed by atoms with E-state index < -0.39 is 5.91 Å². The van der Waals surface area contributed by atoms with Crippen molar-refractivity contribution in [2.24, 2.45) is 0 Å². The normalized spacial score (nSPS) is 10.8. The van der Waals surface area contributed by atoms with Crippen LogP contribution in [-0.2, 0) is 16.0 Å². The maximum absolute atomic E-state index is 12.1. The molecule has 0 saturated carbocycles. The lowest BCUT2D eigenvalue weighted by atomic mass is 10.1. The molecule has 0 aliphatic rings. The van der Waals surface area contributed by atoms with Gasteiger partial charge in [-0.3, -0.25) is 9.78 Å². The van der Waals surface area contributed by atoms with Gasteiger partial charge in [0.05, 0.1) is 0 Å². The number of ether oxygens (including phenoxy) is 2. The molecule has 0 aliphatic heterocycles. The van der Waals surface area contributed by atoms with E-state index in [1.54, 1.807) is 31.6 Å². The van der Waals surface area contributed by atoms with Gasteiger partial charge in [0.2, 0.25) is 0 Å². The zero-order valence-corrected chi connectivity index (χ0v) is 13.9. The Morgan fingerprint density at radius 1 is 1.32 bits per heavy atom. The molecular weight excluding hydrogens is 318 g/mol. The molecule has 2 rings (SSSR count). The van der Waals surface area contributed by atoms with Crippen molar-refractivity contribution in [1.82, 2.24) is 10.3 Å². The Bertz CT molecular complexity index is 750. The molecule has 1 amide bonds. The van der Waals surface area contributed by atoms with Crippen molar-refractivity contribution in [3.05, 3.63) is 65.5 Å². The number of hydrogen-bond donors (Lipinski definition) is 1. The van der Waals surface area contributed by atoms with Crippen LogP contribution in [-0.4, -0.2) is 31.3 Å². The van der Waals surface area contributed by atoms with E-state index in [-0.39, 0.29) is 12.4 Å². The number of pyridine rings is 1. The largest absolute Gasteiger partial charge is 0.468 e. The molecule has 0 spiro atoms. The van der Waals surface area contributed by atoms with E-state index in [1.165, 1.54) is 6.08 Å². The predicted molar refractivity (Wildman–Crippen MR) is 93.5 cm³/mol. The predicted octanol–water partition coefficient (Wildman–Crippen LogP) is 2.33. The summed E-state index contributed by atoms with van der Waals surface area (Å²) in [5.41, 5.74) is 1.82. The first-order chi connectivity index (χ1) is 12.2. The standard InChI is InChI=1S/C19H19N3O3/c1-24-14-25-18-6-4-15(5-7-18)8-10-22-19(23)17(12-20)11-16-3-2-9-21-13-16/h2-7,9,11,13H,8,10,14H2,1H3,(H,22,23)/b17-11+. The number of methoxy groups -OCH3 is 1. The van der Waals surface area contributed by atoms with Crippen LogP contribution in [0.4, 0.5) is 0 Å². The summed E-state index contributed by atoms with van der Waals surface area (Å²) in [6, 6.07) is 13.0. The van der Waals surface area contributed by atoms with Crippen LogP contribution in [0, 0.1) is 11.3 Å². The average Bonchev–Trinajstić information content (AvgIpc) is 2.66. The first-order valence-electron chi connectivity index (χ1n) is 7.73. The molecule has 6 heteroatoms. The first-order valence-corrected chi connectivity index (χ1v) is 7.73.